The highest BCUT2D eigenvalue weighted by molar-refractivity contribution is 7.89. The minimum Gasteiger partial charge on any atom is -0.225 e. The van der Waals surface area contributed by atoms with Gasteiger partial charge in [0.1, 0.15) is 0 Å². The van der Waals surface area contributed by atoms with Gasteiger partial charge in [-0.3, -0.25) is 0 Å². The molecule has 2 N–H and O–H groups in total. The maximum absolute atomic E-state index is 12.2. The lowest BCUT2D eigenvalue weighted by Gasteiger charge is -2.14. The lowest BCUT2D eigenvalue weighted by atomic mass is 9.98. The van der Waals surface area contributed by atoms with Gasteiger partial charge in [-0.05, 0) is 23.6 Å². The quantitative estimate of drug-likeness (QED) is 0.914. The van der Waals surface area contributed by atoms with Crippen molar-refractivity contribution in [2.24, 2.45) is 5.14 Å². The average Bonchev–Trinajstić information content (AvgIpc) is 2.14. The number of rotatable bonds is 3. The fraction of sp³-hybridized carbons (Fsp3) is 0.400. The maximum Gasteiger partial charge on any atom is 0.389 e. The summed E-state index contributed by atoms with van der Waals surface area (Å²) in [5, 5.41) is 4.90. The molecule has 0 radical (unpaired) electrons. The number of benzene rings is 1. The second-order valence-corrected chi connectivity index (χ2v) is 5.40. The standard InChI is InChI=1S/C10H12F3NO2S/c1-7(6-10(11,12)13)8-3-2-4-9(5-8)17(14,15)16/h2-5,7H,6H2,1H3,(H2,14,15,16). The molecule has 1 aromatic carbocycles. The Morgan fingerprint density at radius 1 is 1.35 bits per heavy atom. The van der Waals surface area contributed by atoms with Crippen LogP contribution in [0.3, 0.4) is 0 Å². The Kier molecular flexibility index (Phi) is 3.83. The van der Waals surface area contributed by atoms with E-state index < -0.39 is 28.5 Å². The number of hydrogen-bond acceptors (Lipinski definition) is 2. The summed E-state index contributed by atoms with van der Waals surface area (Å²) < 4.78 is 58.6. The zero-order chi connectivity index (χ0) is 13.3. The first-order chi connectivity index (χ1) is 7.59. The van der Waals surface area contributed by atoms with Gasteiger partial charge in [-0.25, -0.2) is 13.6 Å². The molecule has 3 nitrogen and oxygen atoms in total. The summed E-state index contributed by atoms with van der Waals surface area (Å²) in [5.74, 6) is -0.809. The van der Waals surface area contributed by atoms with Crippen molar-refractivity contribution in [3.63, 3.8) is 0 Å². The minimum absolute atomic E-state index is 0.177. The van der Waals surface area contributed by atoms with Crippen LogP contribution in [-0.2, 0) is 10.0 Å². The molecule has 0 aliphatic carbocycles. The van der Waals surface area contributed by atoms with Gasteiger partial charge in [-0.2, -0.15) is 13.2 Å². The van der Waals surface area contributed by atoms with E-state index in [1.54, 1.807) is 0 Å². The van der Waals surface area contributed by atoms with E-state index in [-0.39, 0.29) is 4.90 Å². The minimum atomic E-state index is -4.28. The molecular weight excluding hydrogens is 255 g/mol. The van der Waals surface area contributed by atoms with Crippen LogP contribution in [-0.4, -0.2) is 14.6 Å². The van der Waals surface area contributed by atoms with Crippen LogP contribution in [0, 0.1) is 0 Å². The highest BCUT2D eigenvalue weighted by Crippen LogP contribution is 2.31. The van der Waals surface area contributed by atoms with Crippen LogP contribution in [0.1, 0.15) is 24.8 Å². The Morgan fingerprint density at radius 2 is 1.94 bits per heavy atom. The highest BCUT2D eigenvalue weighted by atomic mass is 32.2. The highest BCUT2D eigenvalue weighted by Gasteiger charge is 2.30. The fourth-order valence-corrected chi connectivity index (χ4v) is 2.03. The summed E-state index contributed by atoms with van der Waals surface area (Å²) in [6.45, 7) is 1.38. The Hall–Kier alpha value is -1.08. The van der Waals surface area contributed by atoms with E-state index >= 15 is 0 Å². The number of primary sulfonamides is 1. The van der Waals surface area contributed by atoms with Gasteiger partial charge in [-0.1, -0.05) is 19.1 Å². The van der Waals surface area contributed by atoms with E-state index in [9.17, 15) is 21.6 Å². The van der Waals surface area contributed by atoms with Crippen LogP contribution in [0.5, 0.6) is 0 Å². The molecule has 0 amide bonds. The summed E-state index contributed by atoms with van der Waals surface area (Å²) >= 11 is 0. The van der Waals surface area contributed by atoms with Crippen LogP contribution >= 0.6 is 0 Å². The first-order valence-electron chi connectivity index (χ1n) is 4.79. The monoisotopic (exact) mass is 267 g/mol. The van der Waals surface area contributed by atoms with E-state index in [0.717, 1.165) is 0 Å². The van der Waals surface area contributed by atoms with Crippen molar-refractivity contribution < 1.29 is 21.6 Å². The molecule has 1 atom stereocenters. The summed E-state index contributed by atoms with van der Waals surface area (Å²) in [5.41, 5.74) is 0.300. The summed E-state index contributed by atoms with van der Waals surface area (Å²) in [7, 11) is -3.88. The van der Waals surface area contributed by atoms with Gasteiger partial charge in [-0.15, -0.1) is 0 Å². The molecule has 1 rings (SSSR count). The van der Waals surface area contributed by atoms with Crippen molar-refractivity contribution >= 4 is 10.0 Å². The zero-order valence-corrected chi connectivity index (χ0v) is 9.85. The van der Waals surface area contributed by atoms with Crippen molar-refractivity contribution in [3.05, 3.63) is 29.8 Å². The molecule has 17 heavy (non-hydrogen) atoms. The third-order valence-corrected chi connectivity index (χ3v) is 3.20. The molecule has 0 saturated heterocycles. The Balaban J connectivity index is 3.00. The third kappa shape index (κ3) is 4.35. The second kappa shape index (κ2) is 4.66. The second-order valence-electron chi connectivity index (χ2n) is 3.84. The molecule has 0 aliphatic heterocycles. The van der Waals surface area contributed by atoms with Crippen molar-refractivity contribution in [1.82, 2.24) is 0 Å². The smallest absolute Gasteiger partial charge is 0.225 e. The fourth-order valence-electron chi connectivity index (χ4n) is 1.46. The molecule has 0 aliphatic rings. The van der Waals surface area contributed by atoms with Gasteiger partial charge in [0.15, 0.2) is 0 Å². The van der Waals surface area contributed by atoms with Crippen molar-refractivity contribution in [1.29, 1.82) is 0 Å². The van der Waals surface area contributed by atoms with Crippen molar-refractivity contribution in [2.75, 3.05) is 0 Å². The molecule has 1 unspecified atom stereocenters. The lowest BCUT2D eigenvalue weighted by Crippen LogP contribution is -2.14. The number of alkyl halides is 3. The number of hydrogen-bond donors (Lipinski definition) is 1. The average molecular weight is 267 g/mol. The van der Waals surface area contributed by atoms with E-state index in [1.807, 2.05) is 0 Å². The normalized spacial score (nSPS) is 14.6. The number of sulfonamides is 1. The predicted octanol–water partition coefficient (Wildman–Crippen LogP) is 2.39. The molecule has 0 fully saturated rings. The largest absolute Gasteiger partial charge is 0.389 e. The van der Waals surface area contributed by atoms with Crippen LogP contribution < -0.4 is 5.14 Å². The molecule has 7 heteroatoms. The summed E-state index contributed by atoms with van der Waals surface area (Å²) in [6, 6.07) is 5.25. The van der Waals surface area contributed by atoms with Gasteiger partial charge in [0.25, 0.3) is 0 Å². The lowest BCUT2D eigenvalue weighted by molar-refractivity contribution is -0.137. The molecule has 1 aromatic rings. The van der Waals surface area contributed by atoms with E-state index in [4.69, 9.17) is 5.14 Å². The van der Waals surface area contributed by atoms with E-state index in [2.05, 4.69) is 0 Å². The number of halogens is 3. The van der Waals surface area contributed by atoms with Crippen LogP contribution in [0.2, 0.25) is 0 Å². The molecule has 0 saturated carbocycles. The van der Waals surface area contributed by atoms with Gasteiger partial charge in [0, 0.05) is 0 Å². The zero-order valence-electron chi connectivity index (χ0n) is 9.03. The Labute approximate surface area is 97.5 Å². The van der Waals surface area contributed by atoms with Gasteiger partial charge in [0.2, 0.25) is 10.0 Å². The topological polar surface area (TPSA) is 60.2 Å². The molecule has 0 bridgehead atoms. The SMILES string of the molecule is CC(CC(F)(F)F)c1cccc(S(N)(=O)=O)c1. The van der Waals surface area contributed by atoms with Crippen LogP contribution in [0.25, 0.3) is 0 Å². The molecule has 96 valence electrons. The van der Waals surface area contributed by atoms with Gasteiger partial charge >= 0.3 is 6.18 Å². The molecular formula is C10H12F3NO2S. The molecule has 0 spiro atoms. The third-order valence-electron chi connectivity index (χ3n) is 2.29. The first-order valence-corrected chi connectivity index (χ1v) is 6.34. The van der Waals surface area contributed by atoms with E-state index in [0.29, 0.717) is 5.56 Å². The van der Waals surface area contributed by atoms with Crippen molar-refractivity contribution in [3.8, 4) is 0 Å². The molecule has 0 aromatic heterocycles. The Morgan fingerprint density at radius 3 is 2.41 bits per heavy atom. The summed E-state index contributed by atoms with van der Waals surface area (Å²) in [6.07, 6.45) is -5.28. The van der Waals surface area contributed by atoms with Crippen LogP contribution in [0.4, 0.5) is 13.2 Å². The summed E-state index contributed by atoms with van der Waals surface area (Å²) in [4.78, 5) is -0.177. The van der Waals surface area contributed by atoms with Gasteiger partial charge in [0.05, 0.1) is 11.3 Å². The molecule has 0 heterocycles. The van der Waals surface area contributed by atoms with Crippen molar-refractivity contribution in [2.45, 2.75) is 30.3 Å². The van der Waals surface area contributed by atoms with Crippen LogP contribution in [0.15, 0.2) is 29.2 Å². The Bertz CT molecular complexity index is 497. The predicted molar refractivity (Wildman–Crippen MR) is 56.9 cm³/mol. The van der Waals surface area contributed by atoms with E-state index in [1.165, 1.54) is 31.2 Å². The first kappa shape index (κ1) is 14.0. The maximum atomic E-state index is 12.2. The number of nitrogens with two attached hydrogens (primary N) is 1. The van der Waals surface area contributed by atoms with Gasteiger partial charge < -0.3 is 0 Å².